The number of hydrogen-bond donors (Lipinski definition) is 0. The molecule has 6 nitrogen and oxygen atoms in total. The molecule has 1 aliphatic carbocycles. The first-order chi connectivity index (χ1) is 12.1. The van der Waals surface area contributed by atoms with Crippen LogP contribution in [0.15, 0.2) is 33.3 Å². The zero-order chi connectivity index (χ0) is 17.4. The zero-order valence-corrected chi connectivity index (χ0v) is 14.3. The smallest absolute Gasteiger partial charge is 0.226 e. The van der Waals surface area contributed by atoms with E-state index in [9.17, 15) is 4.79 Å². The molecule has 0 bridgehead atoms. The summed E-state index contributed by atoms with van der Waals surface area (Å²) in [6.07, 6.45) is 3.11. The molecule has 4 rings (SSSR count). The van der Waals surface area contributed by atoms with E-state index < -0.39 is 0 Å². The van der Waals surface area contributed by atoms with Crippen molar-refractivity contribution in [3.05, 3.63) is 52.7 Å². The normalized spacial score (nSPS) is 16.2. The number of aromatic nitrogens is 3. The molecule has 2 heterocycles. The number of aryl methyl sites for hydroxylation is 3. The molecule has 0 fully saturated rings. The van der Waals surface area contributed by atoms with Crippen LogP contribution in [0.5, 0.6) is 0 Å². The summed E-state index contributed by atoms with van der Waals surface area (Å²) in [6, 6.07) is 7.91. The van der Waals surface area contributed by atoms with Crippen LogP contribution < -0.4 is 0 Å². The summed E-state index contributed by atoms with van der Waals surface area (Å²) in [4.78, 5) is 16.8. The van der Waals surface area contributed by atoms with Crippen LogP contribution in [0.2, 0.25) is 0 Å². The van der Waals surface area contributed by atoms with Crippen molar-refractivity contribution in [3.8, 4) is 11.4 Å². The Labute approximate surface area is 145 Å². The second kappa shape index (κ2) is 6.27. The standard InChI is InChI=1S/C19H19N3O3/c1-3-18-20-19(22-25-18)14-6-7-15-12(9-14)4-5-13(15)10-17(23)16-8-11(2)24-21-16/h6-9,13H,3-5,10H2,1-2H3/t13-/m0/s1. The van der Waals surface area contributed by atoms with E-state index in [1.807, 2.05) is 13.0 Å². The van der Waals surface area contributed by atoms with E-state index in [-0.39, 0.29) is 11.7 Å². The van der Waals surface area contributed by atoms with Gasteiger partial charge < -0.3 is 9.05 Å². The Balaban J connectivity index is 1.54. The summed E-state index contributed by atoms with van der Waals surface area (Å²) in [6.45, 7) is 3.77. The lowest BCUT2D eigenvalue weighted by Crippen LogP contribution is -2.05. The van der Waals surface area contributed by atoms with E-state index in [1.165, 1.54) is 11.1 Å². The largest absolute Gasteiger partial charge is 0.361 e. The van der Waals surface area contributed by atoms with Gasteiger partial charge in [0.1, 0.15) is 11.5 Å². The molecule has 0 amide bonds. The van der Waals surface area contributed by atoms with Crippen molar-refractivity contribution >= 4 is 5.78 Å². The summed E-state index contributed by atoms with van der Waals surface area (Å²) in [5, 5.41) is 7.86. The maximum atomic E-state index is 12.4. The van der Waals surface area contributed by atoms with Crippen molar-refractivity contribution in [1.82, 2.24) is 15.3 Å². The van der Waals surface area contributed by atoms with E-state index >= 15 is 0 Å². The lowest BCUT2D eigenvalue weighted by atomic mass is 9.94. The number of ketones is 1. The topological polar surface area (TPSA) is 82.0 Å². The zero-order valence-electron chi connectivity index (χ0n) is 14.3. The Morgan fingerprint density at radius 3 is 2.84 bits per heavy atom. The molecule has 0 aliphatic heterocycles. The van der Waals surface area contributed by atoms with Gasteiger partial charge in [-0.15, -0.1) is 0 Å². The minimum atomic E-state index is 0.0320. The van der Waals surface area contributed by atoms with Crippen molar-refractivity contribution in [2.75, 3.05) is 0 Å². The Morgan fingerprint density at radius 1 is 1.24 bits per heavy atom. The Morgan fingerprint density at radius 2 is 2.12 bits per heavy atom. The number of rotatable bonds is 5. The Kier molecular flexibility index (Phi) is 3.95. The third-order valence-corrected chi connectivity index (χ3v) is 4.72. The molecular weight excluding hydrogens is 318 g/mol. The highest BCUT2D eigenvalue weighted by Gasteiger charge is 2.27. The molecule has 2 aromatic heterocycles. The second-order valence-corrected chi connectivity index (χ2v) is 6.46. The van der Waals surface area contributed by atoms with Gasteiger partial charge in [0.15, 0.2) is 5.78 Å². The van der Waals surface area contributed by atoms with E-state index in [0.29, 0.717) is 29.6 Å². The van der Waals surface area contributed by atoms with Gasteiger partial charge >= 0.3 is 0 Å². The van der Waals surface area contributed by atoms with Crippen LogP contribution in [0.1, 0.15) is 58.9 Å². The van der Waals surface area contributed by atoms with Crippen molar-refractivity contribution in [1.29, 1.82) is 0 Å². The lowest BCUT2D eigenvalue weighted by Gasteiger charge is -2.10. The van der Waals surface area contributed by atoms with Crippen LogP contribution in [0.4, 0.5) is 0 Å². The highest BCUT2D eigenvalue weighted by atomic mass is 16.5. The maximum absolute atomic E-state index is 12.4. The average Bonchev–Trinajstić information content (AvgIpc) is 3.34. The van der Waals surface area contributed by atoms with Crippen molar-refractivity contribution < 1.29 is 13.8 Å². The third-order valence-electron chi connectivity index (χ3n) is 4.72. The molecule has 1 aliphatic rings. The molecule has 128 valence electrons. The maximum Gasteiger partial charge on any atom is 0.226 e. The number of Topliss-reactive ketones (excluding diaryl/α,β-unsaturated/α-hetero) is 1. The molecular formula is C19H19N3O3. The van der Waals surface area contributed by atoms with Gasteiger partial charge in [-0.2, -0.15) is 4.98 Å². The predicted octanol–water partition coefficient (Wildman–Crippen LogP) is 3.90. The van der Waals surface area contributed by atoms with Crippen molar-refractivity contribution in [2.45, 2.75) is 45.4 Å². The summed E-state index contributed by atoms with van der Waals surface area (Å²) >= 11 is 0. The summed E-state index contributed by atoms with van der Waals surface area (Å²) in [7, 11) is 0. The molecule has 1 aromatic carbocycles. The SMILES string of the molecule is CCc1nc(-c2ccc3c(c2)CC[C@H]3CC(=O)c2cc(C)on2)no1. The summed E-state index contributed by atoms with van der Waals surface area (Å²) in [5.41, 5.74) is 3.87. The van der Waals surface area contributed by atoms with Gasteiger partial charge in [-0.1, -0.05) is 29.4 Å². The quantitative estimate of drug-likeness (QED) is 0.657. The van der Waals surface area contributed by atoms with Gasteiger partial charge in [-0.3, -0.25) is 4.79 Å². The van der Waals surface area contributed by atoms with Crippen LogP contribution in [0.25, 0.3) is 11.4 Å². The van der Waals surface area contributed by atoms with Crippen LogP contribution >= 0.6 is 0 Å². The third kappa shape index (κ3) is 2.99. The number of nitrogens with zero attached hydrogens (tertiary/aromatic N) is 3. The second-order valence-electron chi connectivity index (χ2n) is 6.46. The molecule has 0 radical (unpaired) electrons. The van der Waals surface area contributed by atoms with Crippen LogP contribution in [0, 0.1) is 6.92 Å². The van der Waals surface area contributed by atoms with Gasteiger partial charge in [-0.25, -0.2) is 0 Å². The van der Waals surface area contributed by atoms with Crippen LogP contribution in [-0.2, 0) is 12.8 Å². The minimum absolute atomic E-state index is 0.0320. The molecule has 0 spiro atoms. The Hall–Kier alpha value is -2.76. The lowest BCUT2D eigenvalue weighted by molar-refractivity contribution is 0.0964. The number of carbonyl (C=O) groups is 1. The summed E-state index contributed by atoms with van der Waals surface area (Å²) < 4.78 is 10.2. The van der Waals surface area contributed by atoms with Gasteiger partial charge in [0.25, 0.3) is 0 Å². The molecule has 0 N–H and O–H groups in total. The average molecular weight is 337 g/mol. The first-order valence-corrected chi connectivity index (χ1v) is 8.56. The van der Waals surface area contributed by atoms with Crippen LogP contribution in [-0.4, -0.2) is 21.1 Å². The van der Waals surface area contributed by atoms with E-state index in [2.05, 4.69) is 27.4 Å². The molecule has 0 saturated heterocycles. The van der Waals surface area contributed by atoms with E-state index in [4.69, 9.17) is 9.05 Å². The van der Waals surface area contributed by atoms with Gasteiger partial charge in [0.05, 0.1) is 0 Å². The Bertz CT molecular complexity index is 926. The minimum Gasteiger partial charge on any atom is -0.361 e. The van der Waals surface area contributed by atoms with Crippen molar-refractivity contribution in [2.24, 2.45) is 0 Å². The molecule has 1 atom stereocenters. The van der Waals surface area contributed by atoms with Gasteiger partial charge in [0.2, 0.25) is 11.7 Å². The van der Waals surface area contributed by atoms with Gasteiger partial charge in [-0.05, 0) is 42.9 Å². The molecule has 25 heavy (non-hydrogen) atoms. The first kappa shape index (κ1) is 15.7. The van der Waals surface area contributed by atoms with E-state index in [0.717, 1.165) is 24.8 Å². The van der Waals surface area contributed by atoms with Crippen LogP contribution in [0.3, 0.4) is 0 Å². The first-order valence-electron chi connectivity index (χ1n) is 8.56. The fourth-order valence-electron chi connectivity index (χ4n) is 3.40. The molecule has 6 heteroatoms. The highest BCUT2D eigenvalue weighted by molar-refractivity contribution is 5.94. The molecule has 0 saturated carbocycles. The van der Waals surface area contributed by atoms with Crippen molar-refractivity contribution in [3.63, 3.8) is 0 Å². The predicted molar refractivity (Wildman–Crippen MR) is 90.4 cm³/mol. The van der Waals surface area contributed by atoms with Gasteiger partial charge in [0, 0.05) is 24.5 Å². The number of benzene rings is 1. The fraction of sp³-hybridized carbons (Fsp3) is 0.368. The number of fused-ring (bicyclic) bond motifs is 1. The fourth-order valence-corrected chi connectivity index (χ4v) is 3.40. The monoisotopic (exact) mass is 337 g/mol. The molecule has 3 aromatic rings. The number of hydrogen-bond acceptors (Lipinski definition) is 6. The highest BCUT2D eigenvalue weighted by Crippen LogP contribution is 2.38. The molecule has 0 unspecified atom stereocenters. The summed E-state index contributed by atoms with van der Waals surface area (Å²) in [5.74, 6) is 2.18. The van der Waals surface area contributed by atoms with E-state index in [1.54, 1.807) is 13.0 Å². The number of carbonyl (C=O) groups excluding carboxylic acids is 1.